The van der Waals surface area contributed by atoms with E-state index in [0.717, 1.165) is 6.29 Å². The molecule has 2 aromatic rings. The van der Waals surface area contributed by atoms with Gasteiger partial charge in [-0.3, -0.25) is 0 Å². The van der Waals surface area contributed by atoms with Crippen LogP contribution in [0.4, 0.5) is 0 Å². The van der Waals surface area contributed by atoms with E-state index < -0.39 is 18.2 Å². The number of aliphatic hydroxyl groups excluding tert-OH is 1. The van der Waals surface area contributed by atoms with Crippen molar-refractivity contribution >= 4 is 12.3 Å². The summed E-state index contributed by atoms with van der Waals surface area (Å²) in [7, 11) is 0. The SMILES string of the molecule is O=CCC1C(O)CCC1C#CC(COc1ccccc1)OC(=O)c1ccccc1. The van der Waals surface area contributed by atoms with Crippen molar-refractivity contribution < 1.29 is 24.2 Å². The van der Waals surface area contributed by atoms with E-state index in [1.54, 1.807) is 24.3 Å². The van der Waals surface area contributed by atoms with Crippen molar-refractivity contribution in [3.63, 3.8) is 0 Å². The van der Waals surface area contributed by atoms with Crippen LogP contribution in [0.25, 0.3) is 0 Å². The monoisotopic (exact) mass is 392 g/mol. The van der Waals surface area contributed by atoms with E-state index in [2.05, 4.69) is 11.8 Å². The molecule has 1 aliphatic rings. The summed E-state index contributed by atoms with van der Waals surface area (Å²) in [4.78, 5) is 23.4. The normalized spacial score (nSPS) is 21.5. The highest BCUT2D eigenvalue weighted by molar-refractivity contribution is 5.89. The Kier molecular flexibility index (Phi) is 7.43. The third-order valence-electron chi connectivity index (χ3n) is 4.99. The van der Waals surface area contributed by atoms with Gasteiger partial charge in [0.25, 0.3) is 0 Å². The second kappa shape index (κ2) is 10.4. The fraction of sp³-hybridized carbons (Fsp3) is 0.333. The highest BCUT2D eigenvalue weighted by atomic mass is 16.6. The molecule has 0 spiro atoms. The predicted molar refractivity (Wildman–Crippen MR) is 108 cm³/mol. The zero-order valence-electron chi connectivity index (χ0n) is 16.1. The van der Waals surface area contributed by atoms with Gasteiger partial charge in [0.05, 0.1) is 11.7 Å². The summed E-state index contributed by atoms with van der Waals surface area (Å²) in [6.45, 7) is 0.0865. The molecule has 1 fully saturated rings. The summed E-state index contributed by atoms with van der Waals surface area (Å²) in [5.41, 5.74) is 0.439. The van der Waals surface area contributed by atoms with Gasteiger partial charge in [-0.15, -0.1) is 0 Å². The first-order chi connectivity index (χ1) is 14.2. The lowest BCUT2D eigenvalue weighted by atomic mass is 9.92. The van der Waals surface area contributed by atoms with E-state index in [1.165, 1.54) is 0 Å². The molecule has 0 aliphatic heterocycles. The molecule has 0 bridgehead atoms. The Labute approximate surface area is 170 Å². The average Bonchev–Trinajstić information content (AvgIpc) is 3.11. The molecule has 0 heterocycles. The maximum absolute atomic E-state index is 12.4. The summed E-state index contributed by atoms with van der Waals surface area (Å²) in [5.74, 6) is 6.01. The van der Waals surface area contributed by atoms with Crippen LogP contribution in [0.3, 0.4) is 0 Å². The molecule has 29 heavy (non-hydrogen) atoms. The first kappa shape index (κ1) is 20.6. The Bertz CT molecular complexity index is 853. The standard InChI is InChI=1S/C24H24O5/c25-16-15-22-18(12-14-23(22)26)11-13-21(17-28-20-9-5-2-6-10-20)29-24(27)19-7-3-1-4-8-19/h1-10,16,18,21-23,26H,12,14-15,17H2. The minimum absolute atomic E-state index is 0.0865. The zero-order chi connectivity index (χ0) is 20.5. The molecule has 0 saturated heterocycles. The van der Waals surface area contributed by atoms with Crippen LogP contribution in [0.15, 0.2) is 60.7 Å². The van der Waals surface area contributed by atoms with E-state index in [1.807, 2.05) is 36.4 Å². The number of esters is 1. The zero-order valence-corrected chi connectivity index (χ0v) is 16.1. The third kappa shape index (κ3) is 5.94. The van der Waals surface area contributed by atoms with Crippen LogP contribution in [-0.4, -0.2) is 36.2 Å². The van der Waals surface area contributed by atoms with Crippen LogP contribution in [0.1, 0.15) is 29.6 Å². The van der Waals surface area contributed by atoms with Crippen LogP contribution in [0.2, 0.25) is 0 Å². The lowest BCUT2D eigenvalue weighted by Crippen LogP contribution is -2.24. The number of benzene rings is 2. The van der Waals surface area contributed by atoms with Gasteiger partial charge in [-0.1, -0.05) is 48.2 Å². The van der Waals surface area contributed by atoms with Crippen molar-refractivity contribution in [3.05, 3.63) is 66.2 Å². The molecule has 1 aliphatic carbocycles. The number of hydrogen-bond acceptors (Lipinski definition) is 5. The molecule has 0 amide bonds. The molecule has 3 rings (SSSR count). The van der Waals surface area contributed by atoms with Gasteiger partial charge in [0, 0.05) is 18.3 Å². The van der Waals surface area contributed by atoms with Crippen molar-refractivity contribution in [2.24, 2.45) is 11.8 Å². The van der Waals surface area contributed by atoms with Gasteiger partial charge in [0.15, 0.2) is 6.10 Å². The summed E-state index contributed by atoms with van der Waals surface area (Å²) < 4.78 is 11.3. The number of hydrogen-bond donors (Lipinski definition) is 1. The summed E-state index contributed by atoms with van der Waals surface area (Å²) in [5, 5.41) is 10.1. The van der Waals surface area contributed by atoms with Gasteiger partial charge in [-0.05, 0) is 37.1 Å². The minimum atomic E-state index is -0.766. The smallest absolute Gasteiger partial charge is 0.339 e. The van der Waals surface area contributed by atoms with Crippen molar-refractivity contribution in [3.8, 4) is 17.6 Å². The maximum atomic E-state index is 12.4. The number of aliphatic hydroxyl groups is 1. The maximum Gasteiger partial charge on any atom is 0.339 e. The fourth-order valence-electron chi connectivity index (χ4n) is 3.42. The van der Waals surface area contributed by atoms with Crippen molar-refractivity contribution in [1.82, 2.24) is 0 Å². The number of ether oxygens (including phenoxy) is 2. The number of rotatable bonds is 7. The van der Waals surface area contributed by atoms with Crippen LogP contribution >= 0.6 is 0 Å². The summed E-state index contributed by atoms with van der Waals surface area (Å²) >= 11 is 0. The van der Waals surface area contributed by atoms with E-state index in [-0.39, 0.29) is 24.9 Å². The number of carbonyl (C=O) groups excluding carboxylic acids is 2. The lowest BCUT2D eigenvalue weighted by Gasteiger charge is -2.16. The van der Waals surface area contributed by atoms with Crippen molar-refractivity contribution in [2.45, 2.75) is 31.5 Å². The van der Waals surface area contributed by atoms with Gasteiger partial charge >= 0.3 is 5.97 Å². The molecular weight excluding hydrogens is 368 g/mol. The molecule has 4 unspecified atom stereocenters. The molecule has 0 aromatic heterocycles. The second-order valence-electron chi connectivity index (χ2n) is 6.99. The molecular formula is C24H24O5. The predicted octanol–water partition coefficient (Wildman–Crippen LogP) is 3.27. The van der Waals surface area contributed by atoms with Crippen LogP contribution in [0, 0.1) is 23.7 Å². The first-order valence-corrected chi connectivity index (χ1v) is 9.74. The van der Waals surface area contributed by atoms with E-state index in [0.29, 0.717) is 24.2 Å². The summed E-state index contributed by atoms with van der Waals surface area (Å²) in [6.07, 6.45) is 1.13. The second-order valence-corrected chi connectivity index (χ2v) is 6.99. The fourth-order valence-corrected chi connectivity index (χ4v) is 3.42. The molecule has 4 atom stereocenters. The molecule has 1 N–H and O–H groups in total. The molecule has 5 nitrogen and oxygen atoms in total. The third-order valence-corrected chi connectivity index (χ3v) is 4.99. The number of aldehydes is 1. The Balaban J connectivity index is 1.72. The van der Waals surface area contributed by atoms with Gasteiger partial charge in [-0.2, -0.15) is 0 Å². The van der Waals surface area contributed by atoms with Crippen molar-refractivity contribution in [2.75, 3.05) is 6.61 Å². The molecule has 5 heteroatoms. The Morgan fingerprint density at radius 3 is 2.48 bits per heavy atom. The van der Waals surface area contributed by atoms with Crippen LogP contribution in [0.5, 0.6) is 5.75 Å². The Morgan fingerprint density at radius 1 is 1.10 bits per heavy atom. The van der Waals surface area contributed by atoms with Crippen LogP contribution < -0.4 is 4.74 Å². The Hall–Kier alpha value is -3.10. The van der Waals surface area contributed by atoms with E-state index in [9.17, 15) is 14.7 Å². The molecule has 150 valence electrons. The largest absolute Gasteiger partial charge is 0.489 e. The minimum Gasteiger partial charge on any atom is -0.489 e. The lowest BCUT2D eigenvalue weighted by molar-refractivity contribution is -0.109. The molecule has 1 saturated carbocycles. The highest BCUT2D eigenvalue weighted by Gasteiger charge is 2.33. The molecule has 2 aromatic carbocycles. The average molecular weight is 392 g/mol. The van der Waals surface area contributed by atoms with Crippen molar-refractivity contribution in [1.29, 1.82) is 0 Å². The van der Waals surface area contributed by atoms with Gasteiger partial charge < -0.3 is 19.4 Å². The van der Waals surface area contributed by atoms with E-state index in [4.69, 9.17) is 9.47 Å². The van der Waals surface area contributed by atoms with E-state index >= 15 is 0 Å². The first-order valence-electron chi connectivity index (χ1n) is 9.74. The summed E-state index contributed by atoms with van der Waals surface area (Å²) in [6, 6.07) is 17.9. The topological polar surface area (TPSA) is 72.8 Å². The van der Waals surface area contributed by atoms with Gasteiger partial charge in [0.2, 0.25) is 0 Å². The Morgan fingerprint density at radius 2 is 1.79 bits per heavy atom. The quantitative estimate of drug-likeness (QED) is 0.445. The molecule has 0 radical (unpaired) electrons. The number of carbonyl (C=O) groups is 2. The van der Waals surface area contributed by atoms with Gasteiger partial charge in [0.1, 0.15) is 18.6 Å². The highest BCUT2D eigenvalue weighted by Crippen LogP contribution is 2.33. The van der Waals surface area contributed by atoms with Crippen LogP contribution in [-0.2, 0) is 9.53 Å². The number of para-hydroxylation sites is 1. The van der Waals surface area contributed by atoms with Gasteiger partial charge in [-0.25, -0.2) is 4.79 Å².